The molecule has 0 saturated carbocycles. The van der Waals surface area contributed by atoms with Crippen LogP contribution in [0.2, 0.25) is 5.02 Å². The molecule has 1 saturated heterocycles. The number of piperidine rings is 1. The van der Waals surface area contributed by atoms with E-state index < -0.39 is 54.7 Å². The molecule has 1 atom stereocenters. The predicted octanol–water partition coefficient (Wildman–Crippen LogP) is 3.31. The van der Waals surface area contributed by atoms with Crippen LogP contribution in [0.5, 0.6) is 0 Å². The molecule has 0 spiro atoms. The Morgan fingerprint density at radius 2 is 2.15 bits per heavy atom. The van der Waals surface area contributed by atoms with Crippen molar-refractivity contribution < 1.29 is 21.8 Å². The van der Waals surface area contributed by atoms with Gasteiger partial charge in [0.05, 0.1) is 11.6 Å². The maximum Gasteiger partial charge on any atom is 0.253 e. The van der Waals surface area contributed by atoms with Gasteiger partial charge in [0.1, 0.15) is 17.3 Å². The highest BCUT2D eigenvalue weighted by molar-refractivity contribution is 6.31. The summed E-state index contributed by atoms with van der Waals surface area (Å²) in [6.07, 6.45) is -1.41. The van der Waals surface area contributed by atoms with Crippen molar-refractivity contribution >= 4 is 17.5 Å². The standard InChI is InChI=1S/C19H21ClF2N4O/c1-13-9-24-17(25-10-13)11-23-12-19(22)4-6-26(7-5-19)18(27)14-2-3-16(21)15(20)8-14/h2-3,8-10,23H,4-7,11-12H2,1H3/i4D2,6D2,7D2. The lowest BCUT2D eigenvalue weighted by Crippen LogP contribution is -2.48. The number of halogens is 3. The highest BCUT2D eigenvalue weighted by Gasteiger charge is 2.36. The SMILES string of the molecule is [2H]C1([2H])CC(F)(CNCc2ncc(C)cn2)C([2H])([2H])C([2H])([2H])N1C(=O)c1ccc(F)c(Cl)c1. The Balaban J connectivity index is 1.88. The maximum absolute atomic E-state index is 15.9. The molecule has 5 nitrogen and oxygen atoms in total. The Bertz CT molecular complexity index is 1060. The lowest BCUT2D eigenvalue weighted by molar-refractivity contribution is 0.0434. The van der Waals surface area contributed by atoms with E-state index in [9.17, 15) is 9.18 Å². The summed E-state index contributed by atoms with van der Waals surface area (Å²) in [7, 11) is 0. The molecule has 1 unspecified atom stereocenters. The fourth-order valence-corrected chi connectivity index (χ4v) is 2.50. The fraction of sp³-hybridized carbons (Fsp3) is 0.421. The summed E-state index contributed by atoms with van der Waals surface area (Å²) in [6.45, 7) is -5.39. The quantitative estimate of drug-likeness (QED) is 0.836. The van der Waals surface area contributed by atoms with E-state index in [1.165, 1.54) is 12.4 Å². The highest BCUT2D eigenvalue weighted by Crippen LogP contribution is 2.27. The van der Waals surface area contributed by atoms with Crippen molar-refractivity contribution in [3.63, 3.8) is 0 Å². The Morgan fingerprint density at radius 3 is 2.85 bits per heavy atom. The van der Waals surface area contributed by atoms with Gasteiger partial charge < -0.3 is 10.2 Å². The first-order valence-electron chi connectivity index (χ1n) is 11.1. The van der Waals surface area contributed by atoms with Crippen molar-refractivity contribution in [1.82, 2.24) is 20.2 Å². The molecule has 1 N–H and O–H groups in total. The summed E-state index contributed by atoms with van der Waals surface area (Å²) in [4.78, 5) is 21.0. The van der Waals surface area contributed by atoms with Gasteiger partial charge in [-0.25, -0.2) is 18.7 Å². The molecule has 1 amide bonds. The van der Waals surface area contributed by atoms with Crippen LogP contribution in [0, 0.1) is 12.7 Å². The van der Waals surface area contributed by atoms with Crippen LogP contribution in [0.4, 0.5) is 8.78 Å². The number of aryl methyl sites for hydroxylation is 1. The molecule has 8 heteroatoms. The van der Waals surface area contributed by atoms with Crippen molar-refractivity contribution in [2.45, 2.75) is 31.9 Å². The Hall–Kier alpha value is -2.12. The molecule has 1 aliphatic heterocycles. The van der Waals surface area contributed by atoms with E-state index in [1.54, 1.807) is 6.92 Å². The number of nitrogens with zero attached hydrogens (tertiary/aromatic N) is 3. The average molecular weight is 401 g/mol. The van der Waals surface area contributed by atoms with Gasteiger partial charge in [-0.15, -0.1) is 0 Å². The minimum absolute atomic E-state index is 0.0183. The summed E-state index contributed by atoms with van der Waals surface area (Å²) >= 11 is 5.67. The van der Waals surface area contributed by atoms with Gasteiger partial charge in [-0.05, 0) is 30.7 Å². The number of alkyl halides is 1. The minimum atomic E-state index is -3.41. The second-order valence-electron chi connectivity index (χ2n) is 6.09. The van der Waals surface area contributed by atoms with Crippen molar-refractivity contribution in [1.29, 1.82) is 0 Å². The van der Waals surface area contributed by atoms with E-state index in [-0.39, 0.29) is 22.8 Å². The zero-order valence-electron chi connectivity index (χ0n) is 20.4. The Morgan fingerprint density at radius 1 is 1.41 bits per heavy atom. The van der Waals surface area contributed by atoms with Crippen LogP contribution < -0.4 is 5.32 Å². The third-order valence-corrected chi connectivity index (χ3v) is 4.09. The first-order valence-corrected chi connectivity index (χ1v) is 8.47. The van der Waals surface area contributed by atoms with Gasteiger partial charge in [-0.1, -0.05) is 11.6 Å². The van der Waals surface area contributed by atoms with E-state index in [1.807, 2.05) is 0 Å². The van der Waals surface area contributed by atoms with Gasteiger partial charge in [0, 0.05) is 58.5 Å². The summed E-state index contributed by atoms with van der Waals surface area (Å²) in [6, 6.07) is 2.68. The second kappa shape index (κ2) is 8.27. The van der Waals surface area contributed by atoms with Crippen molar-refractivity contribution in [2.24, 2.45) is 0 Å². The summed E-state index contributed by atoms with van der Waals surface area (Å²) < 4.78 is 78.8. The number of amides is 1. The van der Waals surface area contributed by atoms with E-state index in [0.717, 1.165) is 23.8 Å². The van der Waals surface area contributed by atoms with Gasteiger partial charge in [0.25, 0.3) is 5.91 Å². The van der Waals surface area contributed by atoms with Crippen LogP contribution in [0.3, 0.4) is 0 Å². The topological polar surface area (TPSA) is 58.1 Å². The van der Waals surface area contributed by atoms with Gasteiger partial charge in [0.2, 0.25) is 0 Å². The summed E-state index contributed by atoms with van der Waals surface area (Å²) in [5.74, 6) is -1.85. The molecule has 27 heavy (non-hydrogen) atoms. The van der Waals surface area contributed by atoms with Crippen LogP contribution in [0.15, 0.2) is 30.6 Å². The molecular formula is C19H21ClF2N4O. The number of carbonyl (C=O) groups excluding carboxylic acids is 1. The van der Waals surface area contributed by atoms with Crippen LogP contribution >= 0.6 is 11.6 Å². The molecular weight excluding hydrogens is 374 g/mol. The monoisotopic (exact) mass is 400 g/mol. The van der Waals surface area contributed by atoms with Crippen molar-refractivity contribution in [2.75, 3.05) is 19.5 Å². The molecule has 2 aromatic rings. The second-order valence-corrected chi connectivity index (χ2v) is 6.49. The Kier molecular flexibility index (Phi) is 4.02. The smallest absolute Gasteiger partial charge is 0.253 e. The third kappa shape index (κ3) is 4.99. The molecule has 0 aliphatic carbocycles. The summed E-state index contributed by atoms with van der Waals surface area (Å²) in [5.41, 5.74) is -2.61. The zero-order valence-corrected chi connectivity index (χ0v) is 15.1. The molecule has 1 aromatic heterocycles. The summed E-state index contributed by atoms with van der Waals surface area (Å²) in [5, 5.41) is 2.16. The normalized spacial score (nSPS) is 28.8. The lowest BCUT2D eigenvalue weighted by atomic mass is 9.92. The average Bonchev–Trinajstić information content (AvgIpc) is 2.69. The van der Waals surface area contributed by atoms with Crippen LogP contribution in [0.1, 0.15) is 42.8 Å². The number of hydrogen-bond donors (Lipinski definition) is 1. The van der Waals surface area contributed by atoms with Gasteiger partial charge in [-0.3, -0.25) is 4.79 Å². The molecule has 0 bridgehead atoms. The lowest BCUT2D eigenvalue weighted by Gasteiger charge is -2.36. The first kappa shape index (κ1) is 13.1. The van der Waals surface area contributed by atoms with E-state index in [2.05, 4.69) is 15.3 Å². The van der Waals surface area contributed by atoms with Crippen LogP contribution in [0.25, 0.3) is 0 Å². The molecule has 1 fully saturated rings. The molecule has 1 aromatic carbocycles. The number of likely N-dealkylation sites (tertiary alicyclic amines) is 1. The third-order valence-electron chi connectivity index (χ3n) is 3.80. The van der Waals surface area contributed by atoms with E-state index in [0.29, 0.717) is 0 Å². The van der Waals surface area contributed by atoms with Gasteiger partial charge in [-0.2, -0.15) is 0 Å². The predicted molar refractivity (Wildman–Crippen MR) is 98.9 cm³/mol. The van der Waals surface area contributed by atoms with Crippen molar-refractivity contribution in [3.05, 3.63) is 58.4 Å². The number of rotatable bonds is 5. The molecule has 1 aliphatic rings. The highest BCUT2D eigenvalue weighted by atomic mass is 35.5. The van der Waals surface area contributed by atoms with E-state index >= 15 is 4.39 Å². The van der Waals surface area contributed by atoms with Crippen LogP contribution in [-0.2, 0) is 6.54 Å². The van der Waals surface area contributed by atoms with Crippen LogP contribution in [-0.4, -0.2) is 46.0 Å². The number of aromatic nitrogens is 2. The number of carbonyl (C=O) groups is 1. The molecule has 0 radical (unpaired) electrons. The van der Waals surface area contributed by atoms with Gasteiger partial charge >= 0.3 is 0 Å². The maximum atomic E-state index is 15.9. The number of nitrogens with one attached hydrogen (secondary N) is 1. The molecule has 3 rings (SSSR count). The number of benzene rings is 1. The Labute approximate surface area is 170 Å². The molecule has 144 valence electrons. The largest absolute Gasteiger partial charge is 0.338 e. The fourth-order valence-electron chi connectivity index (χ4n) is 2.31. The van der Waals surface area contributed by atoms with E-state index in [4.69, 9.17) is 19.8 Å². The first-order chi connectivity index (χ1) is 15.1. The zero-order chi connectivity index (χ0) is 24.8. The van der Waals surface area contributed by atoms with Crippen molar-refractivity contribution in [3.8, 4) is 0 Å². The molecule has 2 heterocycles. The number of hydrogen-bond acceptors (Lipinski definition) is 4. The minimum Gasteiger partial charge on any atom is -0.338 e. The van der Waals surface area contributed by atoms with Gasteiger partial charge in [0.15, 0.2) is 0 Å².